The lowest BCUT2D eigenvalue weighted by atomic mass is 9.98. The third-order valence-corrected chi connectivity index (χ3v) is 8.76. The van der Waals surface area contributed by atoms with Gasteiger partial charge in [0.1, 0.15) is 0 Å². The highest BCUT2D eigenvalue weighted by atomic mass is 16.6. The fourth-order valence-corrected chi connectivity index (χ4v) is 6.25. The van der Waals surface area contributed by atoms with E-state index < -0.39 is 0 Å². The number of non-ortho nitro benzene ring substituents is 1. The molecule has 0 saturated heterocycles. The number of hydrogen-bond donors (Lipinski definition) is 0. The normalized spacial score (nSPS) is 10.9. The van der Waals surface area contributed by atoms with E-state index >= 15 is 0 Å². The number of nitro groups is 1. The Kier molecular flexibility index (Phi) is 8.42. The second-order valence-electron chi connectivity index (χ2n) is 12.0. The van der Waals surface area contributed by atoms with Gasteiger partial charge in [0.25, 0.3) is 5.69 Å². The molecule has 0 aliphatic rings. The van der Waals surface area contributed by atoms with Crippen LogP contribution in [-0.2, 0) is 0 Å². The molecule has 8 aromatic rings. The molecule has 0 atom stereocenters. The molecule has 0 spiro atoms. The Bertz CT molecular complexity index is 2340. The van der Waals surface area contributed by atoms with Crippen molar-refractivity contribution < 1.29 is 9.49 Å². The molecule has 7 heteroatoms. The molecule has 0 unspecified atom stereocenters. The van der Waals surface area contributed by atoms with Crippen molar-refractivity contribution in [2.24, 2.45) is 0 Å². The third-order valence-electron chi connectivity index (χ3n) is 8.76. The van der Waals surface area contributed by atoms with Crippen LogP contribution in [0.2, 0.25) is 0 Å². The minimum Gasteiger partial charge on any atom is -0.258 e. The monoisotopic (exact) mass is 660 g/mol. The zero-order chi connectivity index (χ0) is 34.6. The number of hydrogen-bond acceptors (Lipinski definition) is 5. The summed E-state index contributed by atoms with van der Waals surface area (Å²) >= 11 is 0. The average molecular weight is 661 g/mol. The molecule has 242 valence electrons. The molecule has 4 heterocycles. The van der Waals surface area contributed by atoms with E-state index in [2.05, 4.69) is 87.3 Å². The number of nitro benzene ring substituents is 1. The summed E-state index contributed by atoms with van der Waals surface area (Å²) in [5.74, 6) is 0. The lowest BCUT2D eigenvalue weighted by Crippen LogP contribution is -2.36. The maximum absolute atomic E-state index is 11.4. The number of nitrogens with zero attached hydrogens (tertiary/aromatic N) is 5. The van der Waals surface area contributed by atoms with Crippen molar-refractivity contribution >= 4 is 5.69 Å². The Balaban J connectivity index is 1.29. The Hall–Kier alpha value is -7.12. The Labute approximate surface area is 295 Å². The molecule has 8 rings (SSSR count). The quantitative estimate of drug-likeness (QED) is 0.0920. The van der Waals surface area contributed by atoms with E-state index in [0.717, 1.165) is 73.2 Å². The Morgan fingerprint density at radius 3 is 1.33 bits per heavy atom. The molecule has 4 aromatic heterocycles. The smallest absolute Gasteiger partial charge is 0.258 e. The van der Waals surface area contributed by atoms with Gasteiger partial charge in [0, 0.05) is 59.9 Å². The summed E-state index contributed by atoms with van der Waals surface area (Å²) in [6, 6.07) is 55.9. The molecule has 0 aliphatic carbocycles. The predicted molar refractivity (Wildman–Crippen MR) is 201 cm³/mol. The van der Waals surface area contributed by atoms with E-state index in [1.165, 1.54) is 0 Å². The van der Waals surface area contributed by atoms with Gasteiger partial charge >= 0.3 is 0 Å². The average Bonchev–Trinajstić information content (AvgIpc) is 3.21. The molecule has 0 aliphatic heterocycles. The molecule has 7 nitrogen and oxygen atoms in total. The summed E-state index contributed by atoms with van der Waals surface area (Å²) in [5.41, 5.74) is 12.1. The SMILES string of the molecule is O=[N+]([O-])c1ccc(-c2cc(-c3ccccc3)[n+](-c3ccc(-c4cc(-c5ccccn5)nc(-c5ccccn5)c4)cc3)c(-c3ccccc3)c2)cc1. The number of rotatable bonds is 8. The Morgan fingerprint density at radius 2 is 0.882 bits per heavy atom. The van der Waals surface area contributed by atoms with Crippen LogP contribution in [0.3, 0.4) is 0 Å². The minimum atomic E-state index is -0.373. The van der Waals surface area contributed by atoms with Crippen LogP contribution in [0.1, 0.15) is 0 Å². The van der Waals surface area contributed by atoms with Crippen molar-refractivity contribution in [1.82, 2.24) is 15.0 Å². The summed E-state index contributed by atoms with van der Waals surface area (Å²) in [6.07, 6.45) is 3.55. The van der Waals surface area contributed by atoms with Gasteiger partial charge in [-0.05, 0) is 107 Å². The van der Waals surface area contributed by atoms with Crippen molar-refractivity contribution in [3.05, 3.63) is 192 Å². The van der Waals surface area contributed by atoms with Crippen LogP contribution in [0.15, 0.2) is 182 Å². The van der Waals surface area contributed by atoms with Crippen LogP contribution in [0, 0.1) is 10.1 Å². The van der Waals surface area contributed by atoms with Crippen molar-refractivity contribution in [2.75, 3.05) is 0 Å². The standard InChI is InChI=1S/C44H30N5O2/c50-49(51)38-23-19-32(20-24-38)36-29-43(33-11-3-1-4-12-33)48(44(30-36)34-13-5-2-6-14-34)37-21-17-31(18-22-37)35-27-41(39-15-7-9-25-45-39)47-42(28-35)40-16-8-10-26-46-40/h1-30H/q+1. The lowest BCUT2D eigenvalue weighted by Gasteiger charge is -2.13. The van der Waals surface area contributed by atoms with E-state index in [-0.39, 0.29) is 10.6 Å². The number of benzene rings is 4. The number of aromatic nitrogens is 4. The van der Waals surface area contributed by atoms with Crippen LogP contribution in [0.5, 0.6) is 0 Å². The zero-order valence-electron chi connectivity index (χ0n) is 27.4. The maximum atomic E-state index is 11.4. The van der Waals surface area contributed by atoms with Gasteiger partial charge in [0.15, 0.2) is 0 Å². The predicted octanol–water partition coefficient (Wildman–Crippen LogP) is 10.1. The minimum absolute atomic E-state index is 0.0601. The molecular formula is C44H30N5O2+. The second-order valence-corrected chi connectivity index (χ2v) is 12.0. The Morgan fingerprint density at radius 1 is 0.431 bits per heavy atom. The third kappa shape index (κ3) is 6.51. The summed E-state index contributed by atoms with van der Waals surface area (Å²) in [6.45, 7) is 0. The summed E-state index contributed by atoms with van der Waals surface area (Å²) in [4.78, 5) is 25.1. The zero-order valence-corrected chi connectivity index (χ0v) is 27.4. The van der Waals surface area contributed by atoms with E-state index in [1.54, 1.807) is 24.5 Å². The summed E-state index contributed by atoms with van der Waals surface area (Å²) < 4.78 is 2.27. The van der Waals surface area contributed by atoms with Crippen LogP contribution < -0.4 is 4.57 Å². The lowest BCUT2D eigenvalue weighted by molar-refractivity contribution is -0.572. The molecule has 0 amide bonds. The van der Waals surface area contributed by atoms with Crippen LogP contribution in [0.4, 0.5) is 5.69 Å². The molecule has 0 fully saturated rings. The van der Waals surface area contributed by atoms with Crippen molar-refractivity contribution in [1.29, 1.82) is 0 Å². The second kappa shape index (κ2) is 13.8. The highest BCUT2D eigenvalue weighted by Gasteiger charge is 2.25. The van der Waals surface area contributed by atoms with Crippen LogP contribution in [-0.4, -0.2) is 19.9 Å². The molecule has 0 bridgehead atoms. The molecule has 0 N–H and O–H groups in total. The maximum Gasteiger partial charge on any atom is 0.269 e. The molecular weight excluding hydrogens is 631 g/mol. The summed E-state index contributed by atoms with van der Waals surface area (Å²) in [7, 11) is 0. The van der Waals surface area contributed by atoms with Gasteiger partial charge in [-0.3, -0.25) is 20.1 Å². The summed E-state index contributed by atoms with van der Waals surface area (Å²) in [5, 5.41) is 11.4. The van der Waals surface area contributed by atoms with E-state index in [0.29, 0.717) is 0 Å². The van der Waals surface area contributed by atoms with Gasteiger partial charge in [0.05, 0.1) is 27.7 Å². The van der Waals surface area contributed by atoms with Gasteiger partial charge in [-0.15, -0.1) is 0 Å². The largest absolute Gasteiger partial charge is 0.269 e. The first-order chi connectivity index (χ1) is 25.1. The highest BCUT2D eigenvalue weighted by molar-refractivity contribution is 5.77. The molecule has 4 aromatic carbocycles. The fourth-order valence-electron chi connectivity index (χ4n) is 6.25. The van der Waals surface area contributed by atoms with E-state index in [4.69, 9.17) is 4.98 Å². The van der Waals surface area contributed by atoms with E-state index in [1.807, 2.05) is 84.9 Å². The molecule has 51 heavy (non-hydrogen) atoms. The van der Waals surface area contributed by atoms with Gasteiger partial charge < -0.3 is 0 Å². The number of pyridine rings is 4. The van der Waals surface area contributed by atoms with Crippen LogP contribution in [0.25, 0.3) is 73.2 Å². The van der Waals surface area contributed by atoms with Crippen molar-refractivity contribution in [3.8, 4) is 73.2 Å². The first kappa shape index (κ1) is 31.2. The first-order valence-corrected chi connectivity index (χ1v) is 16.5. The van der Waals surface area contributed by atoms with Gasteiger partial charge in [-0.2, -0.15) is 4.57 Å². The fraction of sp³-hybridized carbons (Fsp3) is 0. The topological polar surface area (TPSA) is 85.7 Å². The van der Waals surface area contributed by atoms with Crippen molar-refractivity contribution in [2.45, 2.75) is 0 Å². The van der Waals surface area contributed by atoms with Gasteiger partial charge in [-0.1, -0.05) is 48.5 Å². The van der Waals surface area contributed by atoms with Gasteiger partial charge in [0.2, 0.25) is 17.1 Å². The first-order valence-electron chi connectivity index (χ1n) is 16.5. The highest BCUT2D eigenvalue weighted by Crippen LogP contribution is 2.33. The molecule has 0 radical (unpaired) electrons. The van der Waals surface area contributed by atoms with E-state index in [9.17, 15) is 10.1 Å². The van der Waals surface area contributed by atoms with Gasteiger partial charge in [-0.25, -0.2) is 4.98 Å². The van der Waals surface area contributed by atoms with Crippen LogP contribution >= 0.6 is 0 Å². The van der Waals surface area contributed by atoms with Crippen molar-refractivity contribution in [3.63, 3.8) is 0 Å². The molecule has 0 saturated carbocycles.